The van der Waals surface area contributed by atoms with Crippen molar-refractivity contribution in [2.75, 3.05) is 21.3 Å². The van der Waals surface area contributed by atoms with Crippen LogP contribution in [0.5, 0.6) is 0 Å². The Morgan fingerprint density at radius 1 is 0.875 bits per heavy atom. The van der Waals surface area contributed by atoms with Crippen molar-refractivity contribution < 1.29 is 13.2 Å². The van der Waals surface area contributed by atoms with Gasteiger partial charge in [0.2, 0.25) is 0 Å². The molecule has 2 aliphatic rings. The quantitative estimate of drug-likeness (QED) is 0.720. The molecule has 2 saturated heterocycles. The molecule has 0 aliphatic carbocycles. The lowest BCUT2D eigenvalue weighted by Gasteiger charge is -2.22. The molecular formula is C17H15BrN2O3S. The van der Waals surface area contributed by atoms with Crippen molar-refractivity contribution >= 4 is 43.2 Å². The molecular weight excluding hydrogens is 392 g/mol. The number of benzene rings is 2. The molecule has 2 aromatic carbocycles. The SMILES string of the molecule is O=C1N(c2ccccc2)[C@@H]2CS(=O)(=O)C[C@@H]2N1c1cccc(Br)c1. The zero-order chi connectivity index (χ0) is 16.9. The third-order valence-corrected chi connectivity index (χ3v) is 6.68. The van der Waals surface area contributed by atoms with Gasteiger partial charge in [-0.3, -0.25) is 9.80 Å². The van der Waals surface area contributed by atoms with Gasteiger partial charge in [0, 0.05) is 15.8 Å². The van der Waals surface area contributed by atoms with Crippen molar-refractivity contribution in [3.8, 4) is 0 Å². The average Bonchev–Trinajstić information content (AvgIpc) is 2.96. The number of hydrogen-bond donors (Lipinski definition) is 0. The first-order chi connectivity index (χ1) is 11.5. The first kappa shape index (κ1) is 15.7. The predicted octanol–water partition coefficient (Wildman–Crippen LogP) is 3.06. The lowest BCUT2D eigenvalue weighted by Crippen LogP contribution is -2.37. The summed E-state index contributed by atoms with van der Waals surface area (Å²) in [6.45, 7) is 0. The Balaban J connectivity index is 1.82. The van der Waals surface area contributed by atoms with Gasteiger partial charge < -0.3 is 0 Å². The second kappa shape index (κ2) is 5.60. The molecule has 2 heterocycles. The third kappa shape index (κ3) is 2.52. The highest BCUT2D eigenvalue weighted by atomic mass is 79.9. The fourth-order valence-electron chi connectivity index (χ4n) is 3.52. The minimum absolute atomic E-state index is 0.000741. The van der Waals surface area contributed by atoms with Crippen molar-refractivity contribution in [3.63, 3.8) is 0 Å². The number of para-hydroxylation sites is 1. The van der Waals surface area contributed by atoms with E-state index in [9.17, 15) is 13.2 Å². The van der Waals surface area contributed by atoms with Crippen molar-refractivity contribution in [2.45, 2.75) is 12.1 Å². The van der Waals surface area contributed by atoms with Gasteiger partial charge in [-0.1, -0.05) is 40.2 Å². The van der Waals surface area contributed by atoms with Gasteiger partial charge in [-0.25, -0.2) is 13.2 Å². The number of carbonyl (C=O) groups is 1. The summed E-state index contributed by atoms with van der Waals surface area (Å²) in [6.07, 6.45) is 0. The van der Waals surface area contributed by atoms with Crippen LogP contribution in [0.25, 0.3) is 0 Å². The summed E-state index contributed by atoms with van der Waals surface area (Å²) in [5.41, 5.74) is 1.44. The number of sulfone groups is 1. The highest BCUT2D eigenvalue weighted by Gasteiger charge is 2.54. The Kier molecular flexibility index (Phi) is 3.65. The van der Waals surface area contributed by atoms with Crippen LogP contribution in [0.1, 0.15) is 0 Å². The summed E-state index contributed by atoms with van der Waals surface area (Å²) >= 11 is 3.41. The monoisotopic (exact) mass is 406 g/mol. The number of urea groups is 1. The van der Waals surface area contributed by atoms with Gasteiger partial charge in [-0.05, 0) is 30.3 Å². The summed E-state index contributed by atoms with van der Waals surface area (Å²) < 4.78 is 25.2. The van der Waals surface area contributed by atoms with Crippen molar-refractivity contribution in [2.24, 2.45) is 0 Å². The molecule has 0 N–H and O–H groups in total. The molecule has 0 aromatic heterocycles. The fourth-order valence-corrected chi connectivity index (χ4v) is 5.83. The molecule has 24 heavy (non-hydrogen) atoms. The van der Waals surface area contributed by atoms with Crippen LogP contribution < -0.4 is 9.80 Å². The van der Waals surface area contributed by atoms with E-state index in [-0.39, 0.29) is 29.6 Å². The number of anilines is 2. The molecule has 0 radical (unpaired) electrons. The average molecular weight is 407 g/mol. The molecule has 2 amide bonds. The predicted molar refractivity (Wildman–Crippen MR) is 97.2 cm³/mol. The number of amides is 2. The van der Waals surface area contributed by atoms with Crippen LogP contribution in [0.3, 0.4) is 0 Å². The van der Waals surface area contributed by atoms with Crippen LogP contribution in [0.15, 0.2) is 59.1 Å². The van der Waals surface area contributed by atoms with E-state index in [1.54, 1.807) is 9.80 Å². The van der Waals surface area contributed by atoms with Crippen LogP contribution >= 0.6 is 15.9 Å². The molecule has 5 nitrogen and oxygen atoms in total. The summed E-state index contributed by atoms with van der Waals surface area (Å²) in [7, 11) is -3.17. The van der Waals surface area contributed by atoms with Gasteiger partial charge in [0.05, 0.1) is 23.6 Å². The summed E-state index contributed by atoms with van der Waals surface area (Å²) in [6, 6.07) is 15.7. The van der Waals surface area contributed by atoms with Crippen LogP contribution in [-0.4, -0.2) is 38.0 Å². The Morgan fingerprint density at radius 2 is 1.46 bits per heavy atom. The summed E-state index contributed by atoms with van der Waals surface area (Å²) in [5.74, 6) is 0.00204. The standard InChI is InChI=1S/C17H15BrN2O3S/c18-12-5-4-8-14(9-12)20-16-11-24(22,23)10-15(16)19(17(20)21)13-6-2-1-3-7-13/h1-9,15-16H,10-11H2/t15-,16+/m1/s1. The molecule has 2 fully saturated rings. The van der Waals surface area contributed by atoms with Crippen LogP contribution in [0.2, 0.25) is 0 Å². The second-order valence-electron chi connectivity index (χ2n) is 6.05. The van der Waals surface area contributed by atoms with Gasteiger partial charge in [0.1, 0.15) is 0 Å². The van der Waals surface area contributed by atoms with Crippen molar-refractivity contribution in [3.05, 3.63) is 59.1 Å². The summed E-state index contributed by atoms with van der Waals surface area (Å²) in [4.78, 5) is 16.3. The number of rotatable bonds is 2. The van der Waals surface area contributed by atoms with Gasteiger partial charge in [0.25, 0.3) is 0 Å². The second-order valence-corrected chi connectivity index (χ2v) is 9.12. The molecule has 2 atom stereocenters. The number of fused-ring (bicyclic) bond motifs is 1. The van der Waals surface area contributed by atoms with E-state index in [0.29, 0.717) is 5.69 Å². The number of halogens is 1. The van der Waals surface area contributed by atoms with Gasteiger partial charge in [-0.2, -0.15) is 0 Å². The topological polar surface area (TPSA) is 57.7 Å². The molecule has 0 saturated carbocycles. The minimum Gasteiger partial charge on any atom is -0.288 e. The van der Waals surface area contributed by atoms with Gasteiger partial charge >= 0.3 is 6.03 Å². The molecule has 2 aliphatic heterocycles. The molecule has 0 unspecified atom stereocenters. The van der Waals surface area contributed by atoms with Crippen molar-refractivity contribution in [1.29, 1.82) is 0 Å². The first-order valence-corrected chi connectivity index (χ1v) is 10.2. The van der Waals surface area contributed by atoms with E-state index in [4.69, 9.17) is 0 Å². The minimum atomic E-state index is -3.17. The van der Waals surface area contributed by atoms with Crippen LogP contribution in [0, 0.1) is 0 Å². The zero-order valence-electron chi connectivity index (χ0n) is 12.7. The molecule has 0 spiro atoms. The lowest BCUT2D eigenvalue weighted by molar-refractivity contribution is 0.255. The Hall–Kier alpha value is -1.86. The van der Waals surface area contributed by atoms with Crippen LogP contribution in [-0.2, 0) is 9.84 Å². The van der Waals surface area contributed by atoms with Gasteiger partial charge in [-0.15, -0.1) is 0 Å². The Bertz CT molecular complexity index is 901. The van der Waals surface area contributed by atoms with Crippen LogP contribution in [0.4, 0.5) is 16.2 Å². The number of nitrogens with zero attached hydrogens (tertiary/aromatic N) is 2. The highest BCUT2D eigenvalue weighted by molar-refractivity contribution is 9.10. The number of hydrogen-bond acceptors (Lipinski definition) is 3. The van der Waals surface area contributed by atoms with Crippen molar-refractivity contribution in [1.82, 2.24) is 0 Å². The zero-order valence-corrected chi connectivity index (χ0v) is 15.1. The van der Waals surface area contributed by atoms with E-state index in [1.165, 1.54) is 0 Å². The lowest BCUT2D eigenvalue weighted by atomic mass is 10.1. The van der Waals surface area contributed by atoms with E-state index >= 15 is 0 Å². The fraction of sp³-hybridized carbons (Fsp3) is 0.235. The van der Waals surface area contributed by atoms with E-state index in [2.05, 4.69) is 15.9 Å². The maximum Gasteiger partial charge on any atom is 0.329 e. The van der Waals surface area contributed by atoms with E-state index < -0.39 is 9.84 Å². The largest absolute Gasteiger partial charge is 0.329 e. The highest BCUT2D eigenvalue weighted by Crippen LogP contribution is 2.38. The van der Waals surface area contributed by atoms with Gasteiger partial charge in [0.15, 0.2) is 9.84 Å². The normalized spacial score (nSPS) is 25.1. The van der Waals surface area contributed by atoms with E-state index in [0.717, 1.165) is 10.2 Å². The summed E-state index contributed by atoms with van der Waals surface area (Å²) in [5, 5.41) is 0. The molecule has 2 aromatic rings. The molecule has 4 rings (SSSR count). The van der Waals surface area contributed by atoms with E-state index in [1.807, 2.05) is 54.6 Å². The maximum absolute atomic E-state index is 13.1. The maximum atomic E-state index is 13.1. The Labute approximate surface area is 148 Å². The Morgan fingerprint density at radius 3 is 2.08 bits per heavy atom. The first-order valence-electron chi connectivity index (χ1n) is 7.60. The molecule has 124 valence electrons. The smallest absolute Gasteiger partial charge is 0.288 e. The molecule has 7 heteroatoms. The number of carbonyl (C=O) groups excluding carboxylic acids is 1. The molecule has 0 bridgehead atoms. The third-order valence-electron chi connectivity index (χ3n) is 4.49.